The fourth-order valence-corrected chi connectivity index (χ4v) is 4.89. The largest absolute Gasteiger partial charge is 0.493 e. The Hall–Kier alpha value is -2.93. The molecule has 178 valence electrons. The number of methoxy groups -OCH3 is 1. The van der Waals surface area contributed by atoms with Crippen molar-refractivity contribution in [3.05, 3.63) is 44.4 Å². The van der Waals surface area contributed by atoms with Crippen molar-refractivity contribution < 1.29 is 33.3 Å². The molecule has 4 rings (SSSR count). The van der Waals surface area contributed by atoms with Crippen molar-refractivity contribution in [1.82, 2.24) is 4.90 Å². The minimum atomic E-state index is -0.531. The molecule has 9 nitrogen and oxygen atoms in total. The number of nitrogens with zero attached hydrogens (tertiary/aromatic N) is 1. The van der Waals surface area contributed by atoms with Crippen LogP contribution in [0.1, 0.15) is 18.9 Å². The van der Waals surface area contributed by atoms with Crippen LogP contribution in [0.4, 0.5) is 10.5 Å². The van der Waals surface area contributed by atoms with Gasteiger partial charge < -0.3 is 24.3 Å². The number of hydrogen-bond acceptors (Lipinski definition) is 8. The van der Waals surface area contributed by atoms with Crippen LogP contribution in [0, 0.1) is 3.57 Å². The third-order valence-corrected chi connectivity index (χ3v) is 6.54. The lowest BCUT2D eigenvalue weighted by Gasteiger charge is -2.13. The lowest BCUT2D eigenvalue weighted by Crippen LogP contribution is -2.36. The van der Waals surface area contributed by atoms with Gasteiger partial charge in [0.05, 0.1) is 22.2 Å². The number of thioether (sulfide) groups is 1. The molecule has 1 N–H and O–H groups in total. The van der Waals surface area contributed by atoms with Crippen molar-refractivity contribution in [2.24, 2.45) is 0 Å². The van der Waals surface area contributed by atoms with Crippen LogP contribution in [0.25, 0.3) is 6.08 Å². The molecular formula is C23H21IN2O7S. The van der Waals surface area contributed by atoms with Crippen LogP contribution in [0.3, 0.4) is 0 Å². The zero-order valence-corrected chi connectivity index (χ0v) is 21.4. The molecule has 3 amide bonds. The number of amides is 3. The van der Waals surface area contributed by atoms with E-state index < -0.39 is 23.6 Å². The highest BCUT2D eigenvalue weighted by molar-refractivity contribution is 14.1. The van der Waals surface area contributed by atoms with Gasteiger partial charge in [-0.15, -0.1) is 0 Å². The van der Waals surface area contributed by atoms with Crippen LogP contribution in [0.5, 0.6) is 23.0 Å². The van der Waals surface area contributed by atoms with Gasteiger partial charge in [0.25, 0.3) is 11.1 Å². The molecule has 2 aromatic rings. The number of carbonyl (C=O) groups is 3. The van der Waals surface area contributed by atoms with Gasteiger partial charge in [-0.25, -0.2) is 0 Å². The fraction of sp³-hybridized carbons (Fsp3) is 0.261. The summed E-state index contributed by atoms with van der Waals surface area (Å²) in [7, 11) is 1.54. The van der Waals surface area contributed by atoms with Gasteiger partial charge in [-0.2, -0.15) is 0 Å². The molecule has 0 aliphatic carbocycles. The van der Waals surface area contributed by atoms with Gasteiger partial charge in [0.2, 0.25) is 12.7 Å². The maximum atomic E-state index is 12.9. The van der Waals surface area contributed by atoms with E-state index in [-0.39, 0.29) is 11.7 Å². The molecule has 0 bridgehead atoms. The third-order valence-electron chi connectivity index (χ3n) is 4.83. The molecule has 1 fully saturated rings. The zero-order chi connectivity index (χ0) is 24.2. The summed E-state index contributed by atoms with van der Waals surface area (Å²) in [5.41, 5.74) is 1.16. The molecule has 0 spiro atoms. The van der Waals surface area contributed by atoms with Gasteiger partial charge >= 0.3 is 0 Å². The van der Waals surface area contributed by atoms with Crippen LogP contribution in [-0.4, -0.2) is 49.0 Å². The first-order valence-corrected chi connectivity index (χ1v) is 12.2. The molecule has 0 radical (unpaired) electrons. The van der Waals surface area contributed by atoms with E-state index in [1.165, 1.54) is 0 Å². The topological polar surface area (TPSA) is 103 Å². The molecule has 1 saturated heterocycles. The number of nitrogens with one attached hydrogen (secondary N) is 1. The molecule has 2 heterocycles. The minimum absolute atomic E-state index is 0.120. The standard InChI is InChI=1S/C23H21IN2O7S/c1-3-6-31-21-15(24)7-13(8-18(21)30-2)9-19-22(28)26(23(29)34-19)11-20(27)25-14-4-5-16-17(10-14)33-12-32-16/h4-5,7-10H,3,6,11-12H2,1-2H3,(H,25,27)/b19-9-. The summed E-state index contributed by atoms with van der Waals surface area (Å²) in [4.78, 5) is 38.9. The minimum Gasteiger partial charge on any atom is -0.493 e. The summed E-state index contributed by atoms with van der Waals surface area (Å²) in [6.07, 6.45) is 2.46. The Balaban J connectivity index is 1.46. The summed E-state index contributed by atoms with van der Waals surface area (Å²) in [5.74, 6) is 1.24. The van der Waals surface area contributed by atoms with Crippen molar-refractivity contribution in [2.45, 2.75) is 13.3 Å². The monoisotopic (exact) mass is 596 g/mol. The molecule has 0 aromatic heterocycles. The van der Waals surface area contributed by atoms with Crippen LogP contribution < -0.4 is 24.3 Å². The Kier molecular flexibility index (Phi) is 7.51. The smallest absolute Gasteiger partial charge is 0.294 e. The van der Waals surface area contributed by atoms with Crippen molar-refractivity contribution in [1.29, 1.82) is 0 Å². The van der Waals surface area contributed by atoms with Crippen molar-refractivity contribution in [3.63, 3.8) is 0 Å². The number of ether oxygens (including phenoxy) is 4. The van der Waals surface area contributed by atoms with Gasteiger partial charge in [0.1, 0.15) is 6.54 Å². The second-order valence-corrected chi connectivity index (χ2v) is 9.42. The number of hydrogen-bond donors (Lipinski definition) is 1. The SMILES string of the molecule is CCCOc1c(I)cc(/C=C2\SC(=O)N(CC(=O)Nc3ccc4c(c3)OCO4)C2=O)cc1OC. The first-order chi connectivity index (χ1) is 16.4. The first-order valence-electron chi connectivity index (χ1n) is 10.3. The number of benzene rings is 2. The van der Waals surface area contributed by atoms with Crippen LogP contribution in [-0.2, 0) is 9.59 Å². The molecule has 11 heteroatoms. The molecule has 34 heavy (non-hydrogen) atoms. The summed E-state index contributed by atoms with van der Waals surface area (Å²) < 4.78 is 22.5. The Morgan fingerprint density at radius 1 is 1.24 bits per heavy atom. The lowest BCUT2D eigenvalue weighted by atomic mass is 10.2. The zero-order valence-electron chi connectivity index (χ0n) is 18.4. The Morgan fingerprint density at radius 3 is 2.79 bits per heavy atom. The van der Waals surface area contributed by atoms with Crippen molar-refractivity contribution in [3.8, 4) is 23.0 Å². The highest BCUT2D eigenvalue weighted by Gasteiger charge is 2.36. The van der Waals surface area contributed by atoms with Crippen LogP contribution in [0.15, 0.2) is 35.2 Å². The molecule has 2 aromatic carbocycles. The molecule has 2 aliphatic rings. The number of imide groups is 1. The lowest BCUT2D eigenvalue weighted by molar-refractivity contribution is -0.127. The molecule has 2 aliphatic heterocycles. The number of rotatable bonds is 8. The summed E-state index contributed by atoms with van der Waals surface area (Å²) in [5, 5.41) is 2.16. The summed E-state index contributed by atoms with van der Waals surface area (Å²) in [6, 6.07) is 8.54. The maximum Gasteiger partial charge on any atom is 0.294 e. The summed E-state index contributed by atoms with van der Waals surface area (Å²) >= 11 is 2.93. The third kappa shape index (κ3) is 5.25. The average molecular weight is 596 g/mol. The van der Waals surface area contributed by atoms with Gasteiger partial charge in [0.15, 0.2) is 23.0 Å². The highest BCUT2D eigenvalue weighted by atomic mass is 127. The second kappa shape index (κ2) is 10.6. The van der Waals surface area contributed by atoms with Gasteiger partial charge in [0, 0.05) is 11.8 Å². The normalized spacial score (nSPS) is 15.7. The molecule has 0 unspecified atom stereocenters. The number of halogens is 1. The van der Waals surface area contributed by atoms with Gasteiger partial charge in [-0.3, -0.25) is 19.3 Å². The molecule has 0 atom stereocenters. The number of anilines is 1. The first kappa shape index (κ1) is 24.2. The van der Waals surface area contributed by atoms with Crippen LogP contribution >= 0.6 is 34.4 Å². The van der Waals surface area contributed by atoms with Gasteiger partial charge in [-0.05, 0) is 76.7 Å². The summed E-state index contributed by atoms with van der Waals surface area (Å²) in [6.45, 7) is 2.29. The maximum absolute atomic E-state index is 12.9. The highest BCUT2D eigenvalue weighted by Crippen LogP contribution is 2.38. The van der Waals surface area contributed by atoms with E-state index in [1.807, 2.05) is 13.0 Å². The Morgan fingerprint density at radius 2 is 2.03 bits per heavy atom. The van der Waals surface area contributed by atoms with Crippen LogP contribution in [0.2, 0.25) is 0 Å². The molecule has 0 saturated carbocycles. The quantitative estimate of drug-likeness (QED) is 0.352. The predicted molar refractivity (Wildman–Crippen MR) is 135 cm³/mol. The van der Waals surface area contributed by atoms with Crippen molar-refractivity contribution >= 4 is 63.2 Å². The van der Waals surface area contributed by atoms with Crippen molar-refractivity contribution in [2.75, 3.05) is 32.4 Å². The van der Waals surface area contributed by atoms with E-state index in [2.05, 4.69) is 27.9 Å². The van der Waals surface area contributed by atoms with E-state index in [0.29, 0.717) is 40.9 Å². The number of fused-ring (bicyclic) bond motifs is 1. The molecular weight excluding hydrogens is 575 g/mol. The van der Waals surface area contributed by atoms with E-state index in [0.717, 1.165) is 26.7 Å². The van der Waals surface area contributed by atoms with E-state index >= 15 is 0 Å². The van der Waals surface area contributed by atoms with E-state index in [1.54, 1.807) is 37.5 Å². The number of carbonyl (C=O) groups excluding carboxylic acids is 3. The van der Waals surface area contributed by atoms with Gasteiger partial charge in [-0.1, -0.05) is 6.92 Å². The second-order valence-electron chi connectivity index (χ2n) is 7.27. The average Bonchev–Trinajstić information content (AvgIpc) is 3.37. The van der Waals surface area contributed by atoms with E-state index in [9.17, 15) is 14.4 Å². The Labute approximate surface area is 213 Å². The fourth-order valence-electron chi connectivity index (χ4n) is 3.27. The van der Waals surface area contributed by atoms with E-state index in [4.69, 9.17) is 18.9 Å². The Bertz CT molecular complexity index is 1180. The predicted octanol–water partition coefficient (Wildman–Crippen LogP) is 4.49.